The number of nitrogens with two attached hydrogens (primary N) is 2. The second kappa shape index (κ2) is 21.9. The van der Waals surface area contributed by atoms with Gasteiger partial charge in [-0.25, -0.2) is 57.3 Å². The van der Waals surface area contributed by atoms with Crippen molar-refractivity contribution in [2.45, 2.75) is 49.1 Å². The summed E-state index contributed by atoms with van der Waals surface area (Å²) in [6.45, 7) is -1.91. The fourth-order valence-electron chi connectivity index (χ4n) is 5.25. The molecule has 4 aromatic heterocycles. The van der Waals surface area contributed by atoms with Gasteiger partial charge in [-0.1, -0.05) is 0 Å². The number of aliphatic hydroxyl groups excluding tert-OH is 4. The van der Waals surface area contributed by atoms with Crippen molar-refractivity contribution in [3.8, 4) is 0 Å². The fraction of sp³-hybridized carbons (Fsp3) is 0.500. The third kappa shape index (κ3) is 15.1. The van der Waals surface area contributed by atoms with Crippen LogP contribution in [-0.4, -0.2) is 208 Å². The van der Waals surface area contributed by atoms with E-state index < -0.39 is 109 Å². The zero-order chi connectivity index (χ0) is 46.4. The van der Waals surface area contributed by atoms with Gasteiger partial charge in [-0.05, 0) is 0 Å². The zero-order valence-electron chi connectivity index (χ0n) is 29.8. The number of phosphoric acid groups is 6. The van der Waals surface area contributed by atoms with Crippen LogP contribution in [0.3, 0.4) is 0 Å². The number of rotatable bonds is 16. The van der Waals surface area contributed by atoms with Crippen LogP contribution in [0.1, 0.15) is 12.5 Å². The Kier molecular flexibility index (Phi) is 19.7. The summed E-state index contributed by atoms with van der Waals surface area (Å²) < 4.78 is 104. The molecule has 0 aromatic carbocycles. The van der Waals surface area contributed by atoms with E-state index in [4.69, 9.17) is 50.3 Å². The summed E-state index contributed by atoms with van der Waals surface area (Å²) in [5.41, 5.74) is 12.0. The van der Waals surface area contributed by atoms with Gasteiger partial charge in [-0.2, -0.15) is 17.2 Å². The molecule has 0 amide bonds. The molecule has 4 aromatic rings. The first-order valence-corrected chi connectivity index (χ1v) is 24.9. The quantitative estimate of drug-likeness (QED) is 0.0371. The normalized spacial score (nSPS) is 27.6. The van der Waals surface area contributed by atoms with Crippen molar-refractivity contribution in [3.05, 3.63) is 25.3 Å². The van der Waals surface area contributed by atoms with Crippen molar-refractivity contribution in [2.75, 3.05) is 24.7 Å². The van der Waals surface area contributed by atoms with E-state index in [2.05, 4.69) is 56.2 Å². The molecule has 6 rings (SSSR count). The predicted octanol–water partition coefficient (Wildman–Crippen LogP) is -4.55. The van der Waals surface area contributed by atoms with Gasteiger partial charge in [0.05, 0.1) is 25.9 Å². The Bertz CT molecular complexity index is 2390. The molecule has 4 unspecified atom stereocenters. The maximum atomic E-state index is 11.8. The Morgan fingerprint density at radius 3 is 1.16 bits per heavy atom. The second-order valence-electron chi connectivity index (χ2n) is 12.0. The molecule has 0 spiro atoms. The van der Waals surface area contributed by atoms with Gasteiger partial charge in [-0.3, -0.25) is 18.2 Å². The van der Waals surface area contributed by atoms with Crippen molar-refractivity contribution < 1.29 is 123 Å². The van der Waals surface area contributed by atoms with E-state index in [9.17, 15) is 57.6 Å². The standard InChI is InChI=1S/2C10H16N5O13P3.2Na.2H/c2*11-8-5-9(13-2-12-8)15(3-14-5)10-7(17)6(16)4(26-10)1-25-30(21,22)28-31(23,24)27-29(18,19)20;;;;/h2*2-4,6-7,10,16-17H,1H2,(H,21,22)(H,23,24)(H2,11,12,13)(H2,18,19,20);;;;/t2*4-,6-,7-,10-;;;;/m11..../s1. The van der Waals surface area contributed by atoms with Gasteiger partial charge in [-0.15, -0.1) is 0 Å². The van der Waals surface area contributed by atoms with Crippen LogP contribution in [0.2, 0.25) is 0 Å². The van der Waals surface area contributed by atoms with Crippen LogP contribution in [0.15, 0.2) is 25.3 Å². The summed E-state index contributed by atoms with van der Waals surface area (Å²) in [6.07, 6.45) is -7.38. The number of phosphoric ester groups is 2. The maximum absolute atomic E-state index is 11.8. The van der Waals surface area contributed by atoms with Crippen molar-refractivity contribution in [1.29, 1.82) is 0 Å². The second-order valence-corrected chi connectivity index (χ2v) is 20.9. The first kappa shape index (κ1) is 57.6. The summed E-state index contributed by atoms with van der Waals surface area (Å²) in [5, 5.41) is 40.8. The number of hydrogen-bond acceptors (Lipinski definition) is 26. The number of fused-ring (bicyclic) bond motifs is 2. The number of nitrogens with zero attached hydrogens (tertiary/aromatic N) is 8. The SMILES string of the molecule is Nc1ncnc2c1ncn2[C@@H]1O[C@H](COP(=O)(O)OP(=O)(O)OP(=O)(O)O)[C@@H](O)[C@H]1O.Nc1ncnc2c1ncn2[C@@H]1O[C@H](COP(=O)(O)OP(=O)(O)OP(=O)(O)O)[C@@H](O)[C@H]1O.[NaH].[NaH]. The van der Waals surface area contributed by atoms with Crippen molar-refractivity contribution >= 4 is 140 Å². The molecule has 6 heterocycles. The number of aromatic nitrogens is 8. The van der Waals surface area contributed by atoms with Crippen LogP contribution < -0.4 is 11.5 Å². The Labute approximate surface area is 398 Å². The molecular weight excluding hydrogens is 1030 g/mol. The fourth-order valence-corrected chi connectivity index (χ4v) is 11.3. The van der Waals surface area contributed by atoms with Crippen molar-refractivity contribution in [3.63, 3.8) is 0 Å². The molecule has 0 bridgehead atoms. The van der Waals surface area contributed by atoms with Gasteiger partial charge in [0.15, 0.2) is 35.4 Å². The molecule has 16 N–H and O–H groups in total. The van der Waals surface area contributed by atoms with Crippen molar-refractivity contribution in [1.82, 2.24) is 39.0 Å². The van der Waals surface area contributed by atoms with Gasteiger partial charge in [0, 0.05) is 0 Å². The van der Waals surface area contributed by atoms with Gasteiger partial charge in [0.1, 0.15) is 60.3 Å². The predicted molar refractivity (Wildman–Crippen MR) is 205 cm³/mol. The summed E-state index contributed by atoms with van der Waals surface area (Å²) >= 11 is 0. The van der Waals surface area contributed by atoms with Gasteiger partial charge < -0.3 is 80.5 Å². The average Bonchev–Trinajstić information content (AvgIpc) is 3.86. The van der Waals surface area contributed by atoms with E-state index in [1.54, 1.807) is 0 Å². The molecule has 2 fully saturated rings. The molecule has 2 aliphatic rings. The minimum atomic E-state index is -5.70. The van der Waals surface area contributed by atoms with Crippen LogP contribution >= 0.6 is 46.9 Å². The van der Waals surface area contributed by atoms with E-state index in [-0.39, 0.29) is 93.1 Å². The van der Waals surface area contributed by atoms with Gasteiger partial charge in [0.25, 0.3) is 0 Å². The average molecular weight is 1060 g/mol. The molecule has 352 valence electrons. The van der Waals surface area contributed by atoms with E-state index in [1.165, 1.54) is 21.8 Å². The Morgan fingerprint density at radius 1 is 0.516 bits per heavy atom. The number of anilines is 2. The topological polar surface area (TPSA) is 558 Å². The van der Waals surface area contributed by atoms with Crippen LogP contribution in [-0.2, 0) is 63.2 Å². The number of nitrogen functional groups attached to an aromatic ring is 2. The molecule has 0 radical (unpaired) electrons. The van der Waals surface area contributed by atoms with E-state index >= 15 is 0 Å². The monoisotopic (exact) mass is 1060 g/mol. The Balaban J connectivity index is 0.000000330. The molecule has 2 saturated heterocycles. The van der Waals surface area contributed by atoms with Crippen LogP contribution in [0, 0.1) is 0 Å². The summed E-state index contributed by atoms with van der Waals surface area (Å²) in [6, 6.07) is 0. The summed E-state index contributed by atoms with van der Waals surface area (Å²) in [4.78, 5) is 94.5. The van der Waals surface area contributed by atoms with Gasteiger partial charge in [0.2, 0.25) is 0 Å². The van der Waals surface area contributed by atoms with E-state index in [0.29, 0.717) is 0 Å². The Morgan fingerprint density at radius 2 is 0.844 bits per heavy atom. The number of aliphatic hydroxyl groups is 4. The molecule has 0 aliphatic carbocycles. The third-order valence-corrected chi connectivity index (χ3v) is 15.2. The third-order valence-electron chi connectivity index (χ3n) is 7.63. The molecule has 2 aliphatic heterocycles. The van der Waals surface area contributed by atoms with E-state index in [1.807, 2.05) is 0 Å². The molecule has 0 saturated carbocycles. The van der Waals surface area contributed by atoms with Gasteiger partial charge >= 0.3 is 106 Å². The minimum absolute atomic E-state index is 0. The molecule has 12 atom stereocenters. The van der Waals surface area contributed by atoms with Crippen LogP contribution in [0.5, 0.6) is 0 Å². The Hall–Kier alpha value is -0.720. The number of ether oxygens (including phenoxy) is 2. The zero-order valence-corrected chi connectivity index (χ0v) is 35.2. The van der Waals surface area contributed by atoms with Crippen LogP contribution in [0.25, 0.3) is 22.3 Å². The first-order chi connectivity index (χ1) is 28.4. The molecule has 64 heavy (non-hydrogen) atoms. The summed E-state index contributed by atoms with van der Waals surface area (Å²) in [7, 11) is -33.4. The van der Waals surface area contributed by atoms with Crippen LogP contribution in [0.4, 0.5) is 11.6 Å². The molecule has 44 heteroatoms. The number of hydrogen-bond donors (Lipinski definition) is 14. The number of imidazole rings is 2. The molecular formula is C20H34N10Na2O26P6. The molecule has 36 nitrogen and oxygen atoms in total. The summed E-state index contributed by atoms with van der Waals surface area (Å²) in [5.74, 6) is 0.0852. The van der Waals surface area contributed by atoms with Crippen molar-refractivity contribution in [2.24, 2.45) is 0 Å². The van der Waals surface area contributed by atoms with E-state index in [0.717, 1.165) is 12.7 Å². The first-order valence-electron chi connectivity index (χ1n) is 15.8.